The third-order valence-electron chi connectivity index (χ3n) is 6.39. The molecule has 0 spiro atoms. The van der Waals surface area contributed by atoms with Crippen LogP contribution in [0.2, 0.25) is 0 Å². The minimum atomic E-state index is -4.96. The van der Waals surface area contributed by atoms with E-state index in [0.29, 0.717) is 24.6 Å². The molecule has 0 aromatic heterocycles. The van der Waals surface area contributed by atoms with E-state index in [1.807, 2.05) is 11.8 Å². The van der Waals surface area contributed by atoms with Crippen molar-refractivity contribution in [1.29, 1.82) is 0 Å². The molecular formula is C22H39N5NaO9S2Y-. The van der Waals surface area contributed by atoms with Crippen molar-refractivity contribution in [2.75, 3.05) is 25.4 Å². The molecular weight excluding hydrogens is 654 g/mol. The Hall–Kier alpha value is 0.414. The Morgan fingerprint density at radius 1 is 1.10 bits per heavy atom. The maximum Gasteiger partial charge on any atom is 1.00 e. The number of amides is 4. The fourth-order valence-electron chi connectivity index (χ4n) is 4.30. The monoisotopic (exact) mass is 693 g/mol. The fraction of sp³-hybridized carbons (Fsp3) is 0.864. The van der Waals surface area contributed by atoms with Crippen molar-refractivity contribution in [2.24, 2.45) is 0 Å². The van der Waals surface area contributed by atoms with Gasteiger partial charge >= 0.3 is 35.6 Å². The molecule has 14 nitrogen and oxygen atoms in total. The van der Waals surface area contributed by atoms with Gasteiger partial charge in [-0.2, -0.15) is 11.8 Å². The predicted molar refractivity (Wildman–Crippen MR) is 139 cm³/mol. The zero-order valence-corrected chi connectivity index (χ0v) is 29.3. The van der Waals surface area contributed by atoms with Gasteiger partial charge in [-0.05, 0) is 25.7 Å². The van der Waals surface area contributed by atoms with Gasteiger partial charge in [0.1, 0.15) is 0 Å². The van der Waals surface area contributed by atoms with E-state index in [1.165, 1.54) is 0 Å². The number of aliphatic hydroxyl groups is 2. The van der Waals surface area contributed by atoms with E-state index in [9.17, 15) is 37.6 Å². The number of thioether (sulfide) groups is 1. The smallest absolute Gasteiger partial charge is 0.726 e. The number of urea groups is 1. The van der Waals surface area contributed by atoms with E-state index in [-0.39, 0.29) is 112 Å². The molecule has 2 rings (SSSR count). The molecule has 0 bridgehead atoms. The van der Waals surface area contributed by atoms with Gasteiger partial charge in [0.15, 0.2) is 0 Å². The first-order valence-corrected chi connectivity index (χ1v) is 15.2. The summed E-state index contributed by atoms with van der Waals surface area (Å²) in [6.07, 6.45) is 2.25. The van der Waals surface area contributed by atoms with Crippen LogP contribution in [-0.2, 0) is 56.9 Å². The van der Waals surface area contributed by atoms with Gasteiger partial charge in [-0.1, -0.05) is 18.9 Å². The minimum Gasteiger partial charge on any atom is -0.726 e. The number of rotatable bonds is 19. The van der Waals surface area contributed by atoms with Crippen LogP contribution in [0.3, 0.4) is 0 Å². The normalized spacial score (nSPS) is 22.0. The van der Waals surface area contributed by atoms with Gasteiger partial charge < -0.3 is 41.8 Å². The molecule has 2 aliphatic heterocycles. The Labute approximate surface area is 287 Å². The molecule has 2 heterocycles. The van der Waals surface area contributed by atoms with E-state index in [4.69, 9.17) is 5.73 Å². The average Bonchev–Trinajstić information content (AvgIpc) is 3.39. The first-order chi connectivity index (χ1) is 17.9. The zero-order valence-electron chi connectivity index (χ0n) is 22.8. The van der Waals surface area contributed by atoms with Crippen molar-refractivity contribution in [3.8, 4) is 0 Å². The molecule has 6 atom stereocenters. The summed E-state index contributed by atoms with van der Waals surface area (Å²) in [5.41, 5.74) is 7.81. The summed E-state index contributed by atoms with van der Waals surface area (Å²) in [7, 11) is -4.96. The number of unbranched alkanes of at least 4 members (excludes halogenated alkanes) is 3. The van der Waals surface area contributed by atoms with Crippen LogP contribution >= 0.6 is 11.8 Å². The first-order valence-electron chi connectivity index (χ1n) is 12.8. The zero-order chi connectivity index (χ0) is 28.1. The summed E-state index contributed by atoms with van der Waals surface area (Å²) in [4.78, 5) is 35.3. The number of nitrogens with one attached hydrogen (secondary N) is 5. The third-order valence-corrected chi connectivity index (χ3v) is 8.32. The van der Waals surface area contributed by atoms with Crippen LogP contribution in [0.1, 0.15) is 57.8 Å². The van der Waals surface area contributed by atoms with E-state index >= 15 is 0 Å². The summed E-state index contributed by atoms with van der Waals surface area (Å²) in [5.74, 6) is 0.634. The van der Waals surface area contributed by atoms with Crippen LogP contribution in [0.25, 0.3) is 5.73 Å². The maximum atomic E-state index is 12.0. The molecule has 2 saturated heterocycles. The van der Waals surface area contributed by atoms with Gasteiger partial charge in [0.05, 0.1) is 24.8 Å². The minimum absolute atomic E-state index is 0. The van der Waals surface area contributed by atoms with Crippen LogP contribution in [0.15, 0.2) is 0 Å². The molecule has 0 saturated carbocycles. The summed E-state index contributed by atoms with van der Waals surface area (Å²) in [6.45, 7) is -0.445. The molecule has 0 aromatic carbocycles. The summed E-state index contributed by atoms with van der Waals surface area (Å²) < 4.78 is 35.0. The summed E-state index contributed by atoms with van der Waals surface area (Å²) in [6, 6.07) is -0.849. The van der Waals surface area contributed by atoms with Gasteiger partial charge in [-0.3, -0.25) is 13.8 Å². The van der Waals surface area contributed by atoms with Crippen LogP contribution in [0, 0.1) is 0 Å². The van der Waals surface area contributed by atoms with Crippen molar-refractivity contribution in [1.82, 2.24) is 21.3 Å². The average molecular weight is 694 g/mol. The molecule has 0 aliphatic carbocycles. The molecule has 0 aromatic rings. The van der Waals surface area contributed by atoms with Gasteiger partial charge in [-0.15, -0.1) is 0 Å². The Balaban J connectivity index is 0.00000760. The molecule has 7 N–H and O–H groups in total. The SMILES string of the molecule is [NH-]C(CNC(=O)CCCCCNC(=O)CCCCC1SC[C@@H]2NC(=O)N[C@H]12)C(O)CC(O)COS(=O)(=O)[O-].[Na+].[Y]. The van der Waals surface area contributed by atoms with Crippen LogP contribution in [0.4, 0.5) is 4.79 Å². The number of hydrogen-bond acceptors (Lipinski definition) is 10. The fourth-order valence-corrected chi connectivity index (χ4v) is 6.17. The molecule has 18 heteroatoms. The maximum absolute atomic E-state index is 12.0. The number of carbonyl (C=O) groups excluding carboxylic acids is 3. The van der Waals surface area contributed by atoms with E-state index in [2.05, 4.69) is 25.5 Å². The summed E-state index contributed by atoms with van der Waals surface area (Å²) in [5, 5.41) is 31.1. The van der Waals surface area contributed by atoms with Crippen LogP contribution in [-0.4, -0.2) is 102 Å². The van der Waals surface area contributed by atoms with E-state index in [1.54, 1.807) is 0 Å². The van der Waals surface area contributed by atoms with Gasteiger partial charge in [0.2, 0.25) is 22.2 Å². The van der Waals surface area contributed by atoms with Crippen molar-refractivity contribution in [3.05, 3.63) is 5.73 Å². The van der Waals surface area contributed by atoms with Crippen molar-refractivity contribution in [3.63, 3.8) is 0 Å². The van der Waals surface area contributed by atoms with E-state index < -0.39 is 35.3 Å². The summed E-state index contributed by atoms with van der Waals surface area (Å²) >= 11 is 1.86. The largest absolute Gasteiger partial charge is 1.00 e. The first kappa shape index (κ1) is 40.4. The Kier molecular flexibility index (Phi) is 21.4. The second kappa shape index (κ2) is 21.2. The molecule has 223 valence electrons. The molecule has 1 radical (unpaired) electrons. The molecule has 4 unspecified atom stereocenters. The molecule has 2 fully saturated rings. The van der Waals surface area contributed by atoms with Crippen LogP contribution < -0.4 is 50.8 Å². The van der Waals surface area contributed by atoms with E-state index in [0.717, 1.165) is 37.9 Å². The number of fused-ring (bicyclic) bond motifs is 1. The number of carbonyl (C=O) groups is 3. The Morgan fingerprint density at radius 3 is 2.42 bits per heavy atom. The molecule has 40 heavy (non-hydrogen) atoms. The third kappa shape index (κ3) is 16.9. The topological polar surface area (TPSA) is 230 Å². The van der Waals surface area contributed by atoms with Gasteiger partial charge in [0, 0.05) is 82.2 Å². The Morgan fingerprint density at radius 2 is 1.75 bits per heavy atom. The predicted octanol–water partition coefficient (Wildman–Crippen LogP) is -3.48. The van der Waals surface area contributed by atoms with Gasteiger partial charge in [-0.25, -0.2) is 13.2 Å². The number of hydrogen-bond donors (Lipinski definition) is 6. The van der Waals surface area contributed by atoms with Crippen molar-refractivity contribution >= 4 is 40.0 Å². The molecule has 2 aliphatic rings. The standard InChI is InChI=1S/C22H40N5O9S2.Na.Y/c23-15(17(29)10-14(28)12-36-38(33,34)35)11-25-20(31)7-2-1-5-9-24-19(30)8-4-3-6-18-21-16(13-37-18)26-22(32)27-21;;/h14-18,21,23,28-29H,1-13H2,(H,24,30)(H,25,31)(H2,26,27,32)(H,33,34,35);;/q-1;+1;/p-1/t14?,15?,16-,17?,18?,21-;;/m0../s1. The molecule has 4 amide bonds. The second-order valence-electron chi connectivity index (χ2n) is 9.59. The van der Waals surface area contributed by atoms with Crippen LogP contribution in [0.5, 0.6) is 0 Å². The van der Waals surface area contributed by atoms with Crippen molar-refractivity contribution < 1.29 is 104 Å². The number of aliphatic hydroxyl groups excluding tert-OH is 2. The van der Waals surface area contributed by atoms with Gasteiger partial charge in [0.25, 0.3) is 0 Å². The Bertz CT molecular complexity index is 893. The second-order valence-corrected chi connectivity index (χ2v) is 11.9. The quantitative estimate of drug-likeness (QED) is 0.0257. The van der Waals surface area contributed by atoms with Crippen molar-refractivity contribution in [2.45, 2.75) is 93.4 Å².